The van der Waals surface area contributed by atoms with Crippen LogP contribution in [0.25, 0.3) is 10.9 Å². The second-order valence-electron chi connectivity index (χ2n) is 7.37. The molecule has 146 valence electrons. The maximum atomic E-state index is 6.30. The monoisotopic (exact) mass is 383 g/mol. The van der Waals surface area contributed by atoms with Crippen molar-refractivity contribution in [3.8, 4) is 0 Å². The highest BCUT2D eigenvalue weighted by molar-refractivity contribution is 6.31. The van der Waals surface area contributed by atoms with E-state index in [1.807, 2.05) is 6.07 Å². The molecule has 2 heteroatoms. The van der Waals surface area contributed by atoms with Crippen LogP contribution in [-0.4, -0.2) is 4.98 Å². The number of fused-ring (bicyclic) bond motifs is 1. The molecule has 0 radical (unpaired) electrons. The van der Waals surface area contributed by atoms with Crippen LogP contribution >= 0.6 is 11.6 Å². The summed E-state index contributed by atoms with van der Waals surface area (Å²) in [6.45, 7) is 13.1. The molecule has 27 heavy (non-hydrogen) atoms. The molecule has 1 atom stereocenters. The highest BCUT2D eigenvalue weighted by Gasteiger charge is 2.18. The van der Waals surface area contributed by atoms with Crippen molar-refractivity contribution in [1.82, 2.24) is 4.98 Å². The molecule has 0 unspecified atom stereocenters. The molecule has 1 aromatic heterocycles. The van der Waals surface area contributed by atoms with E-state index in [0.717, 1.165) is 30.7 Å². The average molecular weight is 384 g/mol. The number of aromatic nitrogens is 1. The fourth-order valence-electron chi connectivity index (χ4n) is 3.43. The fraction of sp³-hybridized carbons (Fsp3) is 0.440. The first-order chi connectivity index (χ1) is 13.0. The second-order valence-corrected chi connectivity index (χ2v) is 7.81. The molecule has 0 spiro atoms. The van der Waals surface area contributed by atoms with Gasteiger partial charge in [-0.2, -0.15) is 0 Å². The summed E-state index contributed by atoms with van der Waals surface area (Å²) in [5.74, 6) is 0.315. The first-order valence-corrected chi connectivity index (χ1v) is 10.7. The number of allylic oxidation sites excluding steroid dienone is 5. The molecule has 1 nitrogen and oxygen atoms in total. The van der Waals surface area contributed by atoms with Gasteiger partial charge in [-0.1, -0.05) is 82.5 Å². The molecule has 0 saturated heterocycles. The molecule has 0 fully saturated rings. The number of hydrogen-bond donors (Lipinski definition) is 1. The lowest BCUT2D eigenvalue weighted by Crippen LogP contribution is -2.01. The topological polar surface area (TPSA) is 15.8 Å². The van der Waals surface area contributed by atoms with Gasteiger partial charge in [0.25, 0.3) is 0 Å². The Bertz CT molecular complexity index is 822. The lowest BCUT2D eigenvalue weighted by molar-refractivity contribution is 0.773. The molecule has 0 aliphatic rings. The predicted molar refractivity (Wildman–Crippen MR) is 122 cm³/mol. The summed E-state index contributed by atoms with van der Waals surface area (Å²) < 4.78 is 0. The van der Waals surface area contributed by atoms with Crippen LogP contribution in [0.4, 0.5) is 0 Å². The summed E-state index contributed by atoms with van der Waals surface area (Å²) >= 11 is 6.30. The number of aryl methyl sites for hydroxylation is 1. The maximum Gasteiger partial charge on any atom is 0.0460 e. The lowest BCUT2D eigenvalue weighted by Gasteiger charge is -2.15. The summed E-state index contributed by atoms with van der Waals surface area (Å²) in [7, 11) is 0. The third-order valence-electron chi connectivity index (χ3n) is 5.25. The standard InChI is InChI=1S/C25H34ClN/c1-6-9-11-20(14-13-18(4)8-3)19(5)25-22(12-10-7-2)23-17-21(26)15-16-24(23)27-25/h11,13-17,19,27H,4,6-10,12H2,1-3,5H3/b14-13-,20-11+/t19-/m0/s1. The zero-order valence-electron chi connectivity index (χ0n) is 17.4. The van der Waals surface area contributed by atoms with Crippen LogP contribution in [0.5, 0.6) is 0 Å². The van der Waals surface area contributed by atoms with Crippen molar-refractivity contribution in [2.75, 3.05) is 0 Å². The summed E-state index contributed by atoms with van der Waals surface area (Å²) in [4.78, 5) is 3.70. The van der Waals surface area contributed by atoms with E-state index in [9.17, 15) is 0 Å². The molecule has 0 bridgehead atoms. The van der Waals surface area contributed by atoms with Gasteiger partial charge >= 0.3 is 0 Å². The predicted octanol–water partition coefficient (Wildman–Crippen LogP) is 8.52. The number of benzene rings is 1. The highest BCUT2D eigenvalue weighted by Crippen LogP contribution is 2.35. The minimum Gasteiger partial charge on any atom is -0.358 e. The summed E-state index contributed by atoms with van der Waals surface area (Å²) in [6.07, 6.45) is 13.5. The molecule has 0 amide bonds. The van der Waals surface area contributed by atoms with Gasteiger partial charge in [0, 0.05) is 27.5 Å². The van der Waals surface area contributed by atoms with E-state index < -0.39 is 0 Å². The first-order valence-electron chi connectivity index (χ1n) is 10.4. The number of unbranched alkanes of at least 4 members (excludes halogenated alkanes) is 2. The van der Waals surface area contributed by atoms with E-state index in [2.05, 4.69) is 69.6 Å². The van der Waals surface area contributed by atoms with Crippen LogP contribution in [0.15, 0.2) is 54.2 Å². The van der Waals surface area contributed by atoms with Crippen molar-refractivity contribution in [1.29, 1.82) is 0 Å². The minimum absolute atomic E-state index is 0.315. The molecular weight excluding hydrogens is 350 g/mol. The van der Waals surface area contributed by atoms with Crippen molar-refractivity contribution >= 4 is 22.5 Å². The second kappa shape index (κ2) is 10.6. The van der Waals surface area contributed by atoms with Crippen molar-refractivity contribution < 1.29 is 0 Å². The first kappa shape index (κ1) is 21.6. The van der Waals surface area contributed by atoms with Gasteiger partial charge in [0.05, 0.1) is 0 Å². The molecule has 1 heterocycles. The molecule has 1 aromatic carbocycles. The Kier molecular flexibility index (Phi) is 8.44. The average Bonchev–Trinajstić information content (AvgIpc) is 3.03. The quantitative estimate of drug-likeness (QED) is 0.395. The van der Waals surface area contributed by atoms with Gasteiger partial charge in [-0.25, -0.2) is 0 Å². The van der Waals surface area contributed by atoms with E-state index in [0.29, 0.717) is 5.92 Å². The van der Waals surface area contributed by atoms with Crippen LogP contribution in [-0.2, 0) is 6.42 Å². The van der Waals surface area contributed by atoms with Crippen molar-refractivity contribution in [2.24, 2.45) is 0 Å². The van der Waals surface area contributed by atoms with E-state index in [4.69, 9.17) is 11.6 Å². The zero-order chi connectivity index (χ0) is 19.8. The Labute approximate surface area is 170 Å². The molecular formula is C25H34ClN. The Morgan fingerprint density at radius 3 is 2.63 bits per heavy atom. The van der Waals surface area contributed by atoms with E-state index in [1.54, 1.807) is 0 Å². The van der Waals surface area contributed by atoms with E-state index in [-0.39, 0.29) is 0 Å². The zero-order valence-corrected chi connectivity index (χ0v) is 18.1. The minimum atomic E-state index is 0.315. The highest BCUT2D eigenvalue weighted by atomic mass is 35.5. The number of hydrogen-bond acceptors (Lipinski definition) is 0. The molecule has 0 aliphatic carbocycles. The third kappa shape index (κ3) is 5.62. The SMILES string of the molecule is C=C(/C=C\C(=C/CCC)[C@H](C)c1[nH]c2ccc(Cl)cc2c1CCCC)CC. The number of rotatable bonds is 10. The van der Waals surface area contributed by atoms with Gasteiger partial charge in [0.1, 0.15) is 0 Å². The number of halogens is 1. The van der Waals surface area contributed by atoms with Crippen LogP contribution < -0.4 is 0 Å². The summed E-state index contributed by atoms with van der Waals surface area (Å²) in [5.41, 5.74) is 6.46. The number of H-pyrrole nitrogens is 1. The number of nitrogens with one attached hydrogen (secondary N) is 1. The Morgan fingerprint density at radius 1 is 1.19 bits per heavy atom. The van der Waals surface area contributed by atoms with Crippen LogP contribution in [0.1, 0.15) is 77.0 Å². The summed E-state index contributed by atoms with van der Waals surface area (Å²) in [5, 5.41) is 2.08. The molecule has 2 rings (SSSR count). The Morgan fingerprint density at radius 2 is 1.96 bits per heavy atom. The van der Waals surface area contributed by atoms with Crippen LogP contribution in [0, 0.1) is 0 Å². The van der Waals surface area contributed by atoms with E-state index in [1.165, 1.54) is 46.1 Å². The summed E-state index contributed by atoms with van der Waals surface area (Å²) in [6, 6.07) is 6.18. The maximum absolute atomic E-state index is 6.30. The smallest absolute Gasteiger partial charge is 0.0460 e. The number of aromatic amines is 1. The Hall–Kier alpha value is -1.73. The van der Waals surface area contributed by atoms with Gasteiger partial charge in [0.2, 0.25) is 0 Å². The normalized spacial score (nSPS) is 13.6. The van der Waals surface area contributed by atoms with Gasteiger partial charge in [0.15, 0.2) is 0 Å². The fourth-order valence-corrected chi connectivity index (χ4v) is 3.60. The van der Waals surface area contributed by atoms with Crippen molar-refractivity contribution in [3.63, 3.8) is 0 Å². The molecule has 2 aromatic rings. The van der Waals surface area contributed by atoms with Crippen LogP contribution in [0.3, 0.4) is 0 Å². The molecule has 0 saturated carbocycles. The molecule has 1 N–H and O–H groups in total. The van der Waals surface area contributed by atoms with Crippen molar-refractivity contribution in [3.05, 3.63) is 70.4 Å². The largest absolute Gasteiger partial charge is 0.358 e. The van der Waals surface area contributed by atoms with Crippen LogP contribution in [0.2, 0.25) is 5.02 Å². The van der Waals surface area contributed by atoms with Gasteiger partial charge in [-0.3, -0.25) is 0 Å². The van der Waals surface area contributed by atoms with E-state index >= 15 is 0 Å². The molecule has 0 aliphatic heterocycles. The van der Waals surface area contributed by atoms with Gasteiger partial charge < -0.3 is 4.98 Å². The lowest BCUT2D eigenvalue weighted by atomic mass is 9.90. The van der Waals surface area contributed by atoms with Crippen molar-refractivity contribution in [2.45, 2.75) is 72.1 Å². The third-order valence-corrected chi connectivity index (χ3v) is 5.48. The Balaban J connectivity index is 2.49. The van der Waals surface area contributed by atoms with Gasteiger partial charge in [-0.05, 0) is 55.0 Å². The van der Waals surface area contributed by atoms with Gasteiger partial charge in [-0.15, -0.1) is 0 Å².